The van der Waals surface area contributed by atoms with Gasteiger partial charge < -0.3 is 4.84 Å². The van der Waals surface area contributed by atoms with Crippen molar-refractivity contribution < 1.29 is 9.23 Å². The lowest BCUT2D eigenvalue weighted by atomic mass is 10.2. The first-order chi connectivity index (χ1) is 6.31. The molecule has 4 heteroatoms. The average molecular weight is 178 g/mol. The maximum absolute atomic E-state index is 12.8. The van der Waals surface area contributed by atoms with Gasteiger partial charge in [0, 0.05) is 11.6 Å². The number of hydrogen-bond donors (Lipinski definition) is 1. The van der Waals surface area contributed by atoms with E-state index < -0.39 is 0 Å². The van der Waals surface area contributed by atoms with Crippen LogP contribution in [0.4, 0.5) is 4.39 Å². The third-order valence-corrected chi connectivity index (χ3v) is 1.80. The molecule has 0 aliphatic heterocycles. The Kier molecular flexibility index (Phi) is 1.83. The van der Waals surface area contributed by atoms with Crippen molar-refractivity contribution in [3.8, 4) is 5.88 Å². The van der Waals surface area contributed by atoms with E-state index in [0.717, 1.165) is 5.39 Å². The van der Waals surface area contributed by atoms with Crippen LogP contribution in [0, 0.1) is 5.82 Å². The number of halogens is 1. The number of rotatable bonds is 1. The minimum Gasteiger partial charge on any atom is -0.390 e. The SMILES string of the molecule is NOc1nccc2ccc(F)cc12. The standard InChI is InChI=1S/C9H7FN2O/c10-7-2-1-6-3-4-12-9(13-11)8(6)5-7/h1-5H,11H2. The summed E-state index contributed by atoms with van der Waals surface area (Å²) in [5.41, 5.74) is 0. The number of benzene rings is 1. The number of hydrogen-bond acceptors (Lipinski definition) is 3. The van der Waals surface area contributed by atoms with E-state index in [0.29, 0.717) is 5.39 Å². The molecule has 0 atom stereocenters. The van der Waals surface area contributed by atoms with Crippen LogP contribution in [0.25, 0.3) is 10.8 Å². The van der Waals surface area contributed by atoms with E-state index in [1.807, 2.05) is 0 Å². The van der Waals surface area contributed by atoms with Gasteiger partial charge in [-0.1, -0.05) is 6.07 Å². The molecule has 0 bridgehead atoms. The van der Waals surface area contributed by atoms with E-state index in [1.165, 1.54) is 12.1 Å². The first-order valence-corrected chi connectivity index (χ1v) is 3.72. The number of nitrogens with zero attached hydrogens (tertiary/aromatic N) is 1. The molecule has 0 saturated heterocycles. The van der Waals surface area contributed by atoms with E-state index in [2.05, 4.69) is 9.82 Å². The first kappa shape index (κ1) is 7.94. The van der Waals surface area contributed by atoms with Gasteiger partial charge in [-0.25, -0.2) is 9.37 Å². The summed E-state index contributed by atoms with van der Waals surface area (Å²) in [5.74, 6) is 4.88. The molecular formula is C9H7FN2O. The average Bonchev–Trinajstić information content (AvgIpc) is 2.17. The molecule has 1 aromatic heterocycles. The van der Waals surface area contributed by atoms with Gasteiger partial charge >= 0.3 is 0 Å². The topological polar surface area (TPSA) is 48.1 Å². The van der Waals surface area contributed by atoms with Gasteiger partial charge in [0.25, 0.3) is 0 Å². The van der Waals surface area contributed by atoms with Crippen molar-refractivity contribution in [1.29, 1.82) is 0 Å². The fraction of sp³-hybridized carbons (Fsp3) is 0. The van der Waals surface area contributed by atoms with Crippen LogP contribution < -0.4 is 10.7 Å². The molecule has 2 aromatic rings. The Morgan fingerprint density at radius 1 is 1.31 bits per heavy atom. The summed E-state index contributed by atoms with van der Waals surface area (Å²) < 4.78 is 12.8. The van der Waals surface area contributed by atoms with Crippen LogP contribution in [0.1, 0.15) is 0 Å². The maximum atomic E-state index is 12.8. The van der Waals surface area contributed by atoms with Gasteiger partial charge in [0.05, 0.1) is 0 Å². The quantitative estimate of drug-likeness (QED) is 0.675. The highest BCUT2D eigenvalue weighted by Gasteiger charge is 2.03. The fourth-order valence-electron chi connectivity index (χ4n) is 1.21. The molecule has 0 fully saturated rings. The zero-order valence-electron chi connectivity index (χ0n) is 6.70. The Morgan fingerprint density at radius 3 is 2.92 bits per heavy atom. The van der Waals surface area contributed by atoms with Gasteiger partial charge in [-0.2, -0.15) is 5.90 Å². The van der Waals surface area contributed by atoms with Gasteiger partial charge in [0.2, 0.25) is 5.88 Å². The smallest absolute Gasteiger partial charge is 0.245 e. The van der Waals surface area contributed by atoms with E-state index in [4.69, 9.17) is 5.90 Å². The lowest BCUT2D eigenvalue weighted by Gasteiger charge is -2.01. The van der Waals surface area contributed by atoms with Gasteiger partial charge in [0.15, 0.2) is 0 Å². The van der Waals surface area contributed by atoms with Crippen molar-refractivity contribution in [1.82, 2.24) is 4.98 Å². The second-order valence-electron chi connectivity index (χ2n) is 2.60. The van der Waals surface area contributed by atoms with Crippen molar-refractivity contribution in [2.24, 2.45) is 5.90 Å². The van der Waals surface area contributed by atoms with Crippen molar-refractivity contribution in [2.75, 3.05) is 0 Å². The number of aromatic nitrogens is 1. The van der Waals surface area contributed by atoms with Gasteiger partial charge in [-0.15, -0.1) is 0 Å². The van der Waals surface area contributed by atoms with Gasteiger partial charge in [-0.3, -0.25) is 0 Å². The minimum atomic E-state index is -0.334. The van der Waals surface area contributed by atoms with E-state index in [1.54, 1.807) is 18.3 Å². The molecule has 0 saturated carbocycles. The third-order valence-electron chi connectivity index (χ3n) is 1.80. The lowest BCUT2D eigenvalue weighted by Crippen LogP contribution is -2.03. The monoisotopic (exact) mass is 178 g/mol. The Morgan fingerprint density at radius 2 is 2.15 bits per heavy atom. The van der Waals surface area contributed by atoms with Crippen LogP contribution in [0.3, 0.4) is 0 Å². The minimum absolute atomic E-state index is 0.233. The fourth-order valence-corrected chi connectivity index (χ4v) is 1.21. The number of pyridine rings is 1. The summed E-state index contributed by atoms with van der Waals surface area (Å²) in [4.78, 5) is 8.36. The molecule has 0 spiro atoms. The maximum Gasteiger partial charge on any atom is 0.245 e. The highest BCUT2D eigenvalue weighted by molar-refractivity contribution is 5.86. The highest BCUT2D eigenvalue weighted by Crippen LogP contribution is 2.22. The molecule has 2 N–H and O–H groups in total. The molecule has 1 aromatic carbocycles. The molecular weight excluding hydrogens is 171 g/mol. The lowest BCUT2D eigenvalue weighted by molar-refractivity contribution is 0.325. The van der Waals surface area contributed by atoms with E-state index >= 15 is 0 Å². The zero-order valence-corrected chi connectivity index (χ0v) is 6.70. The van der Waals surface area contributed by atoms with Crippen LogP contribution in [0.5, 0.6) is 5.88 Å². The molecule has 1 heterocycles. The van der Waals surface area contributed by atoms with E-state index in [9.17, 15) is 4.39 Å². The molecule has 0 amide bonds. The summed E-state index contributed by atoms with van der Waals surface area (Å²) >= 11 is 0. The molecule has 0 aliphatic carbocycles. The largest absolute Gasteiger partial charge is 0.390 e. The van der Waals surface area contributed by atoms with E-state index in [-0.39, 0.29) is 11.7 Å². The Bertz CT molecular complexity index is 445. The van der Waals surface area contributed by atoms with Crippen molar-refractivity contribution >= 4 is 10.8 Å². The predicted molar refractivity (Wildman–Crippen MR) is 46.5 cm³/mol. The Hall–Kier alpha value is -1.68. The van der Waals surface area contributed by atoms with Crippen LogP contribution in [0.2, 0.25) is 0 Å². The summed E-state index contributed by atoms with van der Waals surface area (Å²) in [5, 5.41) is 1.42. The highest BCUT2D eigenvalue weighted by atomic mass is 19.1. The molecule has 3 nitrogen and oxygen atoms in total. The predicted octanol–water partition coefficient (Wildman–Crippen LogP) is 1.63. The second-order valence-corrected chi connectivity index (χ2v) is 2.60. The van der Waals surface area contributed by atoms with Gasteiger partial charge in [-0.05, 0) is 23.6 Å². The molecule has 66 valence electrons. The van der Waals surface area contributed by atoms with Crippen molar-refractivity contribution in [3.63, 3.8) is 0 Å². The van der Waals surface area contributed by atoms with Crippen molar-refractivity contribution in [2.45, 2.75) is 0 Å². The Labute approximate surface area is 73.9 Å². The normalized spacial score (nSPS) is 10.3. The van der Waals surface area contributed by atoms with Crippen LogP contribution >= 0.6 is 0 Å². The summed E-state index contributed by atoms with van der Waals surface area (Å²) in [7, 11) is 0. The number of nitrogens with two attached hydrogens (primary N) is 1. The summed E-state index contributed by atoms with van der Waals surface area (Å²) in [6.45, 7) is 0. The molecule has 0 radical (unpaired) electrons. The summed E-state index contributed by atoms with van der Waals surface area (Å²) in [6.07, 6.45) is 1.56. The molecule has 0 unspecified atom stereocenters. The van der Waals surface area contributed by atoms with Crippen molar-refractivity contribution in [3.05, 3.63) is 36.3 Å². The first-order valence-electron chi connectivity index (χ1n) is 3.72. The molecule has 13 heavy (non-hydrogen) atoms. The molecule has 0 aliphatic rings. The summed E-state index contributed by atoms with van der Waals surface area (Å²) in [6, 6.07) is 6.12. The second kappa shape index (κ2) is 2.99. The van der Waals surface area contributed by atoms with Crippen LogP contribution in [-0.2, 0) is 0 Å². The number of fused-ring (bicyclic) bond motifs is 1. The molecule has 2 rings (SSSR count). The van der Waals surface area contributed by atoms with Crippen LogP contribution in [-0.4, -0.2) is 4.98 Å². The van der Waals surface area contributed by atoms with Crippen LogP contribution in [0.15, 0.2) is 30.5 Å². The third kappa shape index (κ3) is 1.31. The van der Waals surface area contributed by atoms with Gasteiger partial charge in [0.1, 0.15) is 5.82 Å². The Balaban J connectivity index is 2.79. The zero-order chi connectivity index (χ0) is 9.26.